The molecule has 6 nitrogen and oxygen atoms in total. The van der Waals surface area contributed by atoms with Gasteiger partial charge in [0.25, 0.3) is 0 Å². The molecule has 0 aliphatic heterocycles. The molecule has 2 aromatic carbocycles. The molecule has 0 radical (unpaired) electrons. The minimum Gasteiger partial charge on any atom is -0.325 e. The summed E-state index contributed by atoms with van der Waals surface area (Å²) in [6, 6.07) is 13.9. The van der Waals surface area contributed by atoms with E-state index in [-0.39, 0.29) is 18.9 Å². The first kappa shape index (κ1) is 19.8. The molecule has 7 heteroatoms. The summed E-state index contributed by atoms with van der Waals surface area (Å²) in [5, 5.41) is 2.65. The van der Waals surface area contributed by atoms with E-state index in [0.717, 1.165) is 21.7 Å². The lowest BCUT2D eigenvalue weighted by Gasteiger charge is -2.19. The number of carbonyl (C=O) groups is 2. The summed E-state index contributed by atoms with van der Waals surface area (Å²) in [7, 11) is -3.55. The Hall–Kier alpha value is -2.51. The summed E-state index contributed by atoms with van der Waals surface area (Å²) >= 11 is 0. The van der Waals surface area contributed by atoms with Crippen molar-refractivity contribution in [1.29, 1.82) is 0 Å². The number of aryl methyl sites for hydroxylation is 1. The predicted octanol–water partition coefficient (Wildman–Crippen LogP) is 2.60. The molecule has 0 bridgehead atoms. The monoisotopic (exact) mass is 374 g/mol. The highest BCUT2D eigenvalue weighted by Gasteiger charge is 2.20. The Labute approximate surface area is 153 Å². The van der Waals surface area contributed by atoms with Crippen LogP contribution in [0.4, 0.5) is 5.69 Å². The second kappa shape index (κ2) is 8.25. The van der Waals surface area contributed by atoms with Crippen molar-refractivity contribution in [3.05, 3.63) is 65.2 Å². The van der Waals surface area contributed by atoms with Crippen LogP contribution >= 0.6 is 0 Å². The number of carbonyl (C=O) groups excluding carboxylic acids is 2. The molecule has 0 unspecified atom stereocenters. The van der Waals surface area contributed by atoms with Gasteiger partial charge < -0.3 is 5.32 Å². The van der Waals surface area contributed by atoms with E-state index < -0.39 is 15.9 Å². The molecule has 0 aliphatic rings. The molecule has 1 N–H and O–H groups in total. The molecule has 0 spiro atoms. The molecule has 0 fully saturated rings. The average Bonchev–Trinajstić information content (AvgIpc) is 2.56. The van der Waals surface area contributed by atoms with Crippen LogP contribution < -0.4 is 5.32 Å². The molecule has 1 amide bonds. The van der Waals surface area contributed by atoms with Crippen LogP contribution in [-0.2, 0) is 21.4 Å². The SMILES string of the molecule is CC(=O)c1ccc(NC(=O)CN(Cc2ccc(C)cc2)S(C)(=O)=O)cc1. The van der Waals surface area contributed by atoms with Gasteiger partial charge in [0.05, 0.1) is 12.8 Å². The molecule has 2 aromatic rings. The van der Waals surface area contributed by atoms with E-state index in [9.17, 15) is 18.0 Å². The van der Waals surface area contributed by atoms with E-state index >= 15 is 0 Å². The van der Waals surface area contributed by atoms with Crippen LogP contribution in [0.25, 0.3) is 0 Å². The zero-order valence-electron chi connectivity index (χ0n) is 15.0. The maximum absolute atomic E-state index is 12.2. The number of benzene rings is 2. The van der Waals surface area contributed by atoms with Gasteiger partial charge in [0.2, 0.25) is 15.9 Å². The number of nitrogens with zero attached hydrogens (tertiary/aromatic N) is 1. The molecular weight excluding hydrogens is 352 g/mol. The third-order valence-corrected chi connectivity index (χ3v) is 5.04. The van der Waals surface area contributed by atoms with Gasteiger partial charge in [-0.2, -0.15) is 4.31 Å². The topological polar surface area (TPSA) is 83.6 Å². The van der Waals surface area contributed by atoms with Gasteiger partial charge in [-0.1, -0.05) is 29.8 Å². The Kier molecular flexibility index (Phi) is 6.28. The minimum atomic E-state index is -3.55. The Morgan fingerprint density at radius 2 is 1.58 bits per heavy atom. The van der Waals surface area contributed by atoms with Gasteiger partial charge in [0.15, 0.2) is 5.78 Å². The summed E-state index contributed by atoms with van der Waals surface area (Å²) < 4.78 is 25.2. The van der Waals surface area contributed by atoms with Crippen molar-refractivity contribution in [3.8, 4) is 0 Å². The summed E-state index contributed by atoms with van der Waals surface area (Å²) in [6.07, 6.45) is 1.08. The first-order valence-corrected chi connectivity index (χ1v) is 9.91. The third kappa shape index (κ3) is 5.79. The predicted molar refractivity (Wildman–Crippen MR) is 102 cm³/mol. The number of ketones is 1. The van der Waals surface area contributed by atoms with E-state index in [2.05, 4.69) is 5.32 Å². The summed E-state index contributed by atoms with van der Waals surface area (Å²) in [6.45, 7) is 3.24. The van der Waals surface area contributed by atoms with Gasteiger partial charge in [0, 0.05) is 17.8 Å². The lowest BCUT2D eigenvalue weighted by molar-refractivity contribution is -0.116. The van der Waals surface area contributed by atoms with Crippen LogP contribution in [0.15, 0.2) is 48.5 Å². The number of nitrogens with one attached hydrogen (secondary N) is 1. The molecule has 0 saturated carbocycles. The normalized spacial score (nSPS) is 11.4. The van der Waals surface area contributed by atoms with Gasteiger partial charge in [-0.25, -0.2) is 8.42 Å². The molecule has 0 heterocycles. The number of anilines is 1. The van der Waals surface area contributed by atoms with Crippen LogP contribution in [0.3, 0.4) is 0 Å². The average molecular weight is 374 g/mol. The van der Waals surface area contributed by atoms with E-state index in [1.54, 1.807) is 24.3 Å². The number of rotatable bonds is 7. The summed E-state index contributed by atoms with van der Waals surface area (Å²) in [5.41, 5.74) is 2.93. The Morgan fingerprint density at radius 1 is 1.00 bits per heavy atom. The number of Topliss-reactive ketones (excluding diaryl/α,β-unsaturated/α-hetero) is 1. The van der Waals surface area contributed by atoms with Gasteiger partial charge >= 0.3 is 0 Å². The first-order valence-electron chi connectivity index (χ1n) is 8.06. The third-order valence-electron chi connectivity index (χ3n) is 3.84. The Balaban J connectivity index is 2.06. The van der Waals surface area contributed by atoms with Crippen molar-refractivity contribution in [1.82, 2.24) is 4.31 Å². The van der Waals surface area contributed by atoms with E-state index in [4.69, 9.17) is 0 Å². The van der Waals surface area contributed by atoms with Gasteiger partial charge in [-0.15, -0.1) is 0 Å². The Morgan fingerprint density at radius 3 is 2.08 bits per heavy atom. The minimum absolute atomic E-state index is 0.0655. The number of hydrogen-bond donors (Lipinski definition) is 1. The van der Waals surface area contributed by atoms with Gasteiger partial charge in [-0.3, -0.25) is 9.59 Å². The molecule has 0 aromatic heterocycles. The zero-order valence-corrected chi connectivity index (χ0v) is 15.8. The van der Waals surface area contributed by atoms with Crippen LogP contribution in [0.1, 0.15) is 28.4 Å². The molecule has 2 rings (SSSR count). The molecule has 0 aliphatic carbocycles. The largest absolute Gasteiger partial charge is 0.325 e. The lowest BCUT2D eigenvalue weighted by atomic mass is 10.1. The molecule has 0 saturated heterocycles. The van der Waals surface area contributed by atoms with Crippen molar-refractivity contribution in [2.45, 2.75) is 20.4 Å². The summed E-state index contributed by atoms with van der Waals surface area (Å²) in [4.78, 5) is 23.5. The highest BCUT2D eigenvalue weighted by Crippen LogP contribution is 2.12. The van der Waals surface area contributed by atoms with Crippen molar-refractivity contribution >= 4 is 27.4 Å². The number of amides is 1. The van der Waals surface area contributed by atoms with Crippen molar-refractivity contribution in [2.24, 2.45) is 0 Å². The highest BCUT2D eigenvalue weighted by atomic mass is 32.2. The van der Waals surface area contributed by atoms with Crippen molar-refractivity contribution in [2.75, 3.05) is 18.1 Å². The fourth-order valence-electron chi connectivity index (χ4n) is 2.34. The van der Waals surface area contributed by atoms with Gasteiger partial charge in [0.1, 0.15) is 0 Å². The summed E-state index contributed by atoms with van der Waals surface area (Å²) in [5.74, 6) is -0.512. The Bertz CT molecular complexity index is 888. The zero-order chi connectivity index (χ0) is 19.3. The fraction of sp³-hybridized carbons (Fsp3) is 0.263. The number of sulfonamides is 1. The molecule has 138 valence electrons. The van der Waals surface area contributed by atoms with Crippen molar-refractivity contribution < 1.29 is 18.0 Å². The van der Waals surface area contributed by atoms with Crippen LogP contribution in [0.2, 0.25) is 0 Å². The van der Waals surface area contributed by atoms with Crippen molar-refractivity contribution in [3.63, 3.8) is 0 Å². The fourth-order valence-corrected chi connectivity index (χ4v) is 3.07. The molecular formula is C19H22N2O4S. The van der Waals surface area contributed by atoms with E-state index in [1.807, 2.05) is 31.2 Å². The smallest absolute Gasteiger partial charge is 0.239 e. The second-order valence-electron chi connectivity index (χ2n) is 6.20. The lowest BCUT2D eigenvalue weighted by Crippen LogP contribution is -2.36. The van der Waals surface area contributed by atoms with Crippen LogP contribution in [0.5, 0.6) is 0 Å². The molecule has 26 heavy (non-hydrogen) atoms. The van der Waals surface area contributed by atoms with Crippen LogP contribution in [0, 0.1) is 6.92 Å². The maximum Gasteiger partial charge on any atom is 0.239 e. The first-order chi connectivity index (χ1) is 12.1. The van der Waals surface area contributed by atoms with Crippen LogP contribution in [-0.4, -0.2) is 37.2 Å². The maximum atomic E-state index is 12.2. The standard InChI is InChI=1S/C19H22N2O4S/c1-14-4-6-16(7-5-14)12-21(26(3,24)25)13-19(23)20-18-10-8-17(9-11-18)15(2)22/h4-11H,12-13H2,1-3H3,(H,20,23). The van der Waals surface area contributed by atoms with E-state index in [0.29, 0.717) is 11.3 Å². The second-order valence-corrected chi connectivity index (χ2v) is 8.18. The number of hydrogen-bond acceptors (Lipinski definition) is 4. The molecule has 0 atom stereocenters. The van der Waals surface area contributed by atoms with Gasteiger partial charge in [-0.05, 0) is 43.7 Å². The highest BCUT2D eigenvalue weighted by molar-refractivity contribution is 7.88. The van der Waals surface area contributed by atoms with E-state index in [1.165, 1.54) is 6.92 Å². The quantitative estimate of drug-likeness (QED) is 0.755.